The van der Waals surface area contributed by atoms with E-state index in [4.69, 9.17) is 5.11 Å². The summed E-state index contributed by atoms with van der Waals surface area (Å²) in [5.74, 6) is -0.899. The minimum atomic E-state index is -4.50. The van der Waals surface area contributed by atoms with Crippen molar-refractivity contribution >= 4 is 12.0 Å². The van der Waals surface area contributed by atoms with Crippen LogP contribution in [0.5, 0.6) is 0 Å². The number of alkyl halides is 3. The minimum absolute atomic E-state index is 0.202. The summed E-state index contributed by atoms with van der Waals surface area (Å²) < 4.78 is 38.2. The molecule has 0 bridgehead atoms. The Bertz CT molecular complexity index is 645. The van der Waals surface area contributed by atoms with Gasteiger partial charge in [0.05, 0.1) is 0 Å². The van der Waals surface area contributed by atoms with E-state index in [2.05, 4.69) is 10.1 Å². The van der Waals surface area contributed by atoms with E-state index < -0.39 is 17.8 Å². The lowest BCUT2D eigenvalue weighted by molar-refractivity contribution is -0.141. The third-order valence-electron chi connectivity index (χ3n) is 2.30. The molecule has 0 spiro atoms. The molecule has 0 atom stereocenters. The first kappa shape index (κ1) is 13.8. The lowest BCUT2D eigenvalue weighted by atomic mass is 10.2. The molecule has 2 aromatic rings. The smallest absolute Gasteiger partial charge is 0.435 e. The zero-order chi connectivity index (χ0) is 14.8. The highest BCUT2D eigenvalue weighted by atomic mass is 19.4. The molecule has 0 amide bonds. The highest BCUT2D eigenvalue weighted by molar-refractivity contribution is 5.85. The van der Waals surface area contributed by atoms with Crippen LogP contribution in [0, 0.1) is 0 Å². The Morgan fingerprint density at radius 2 is 2.05 bits per heavy atom. The Balaban J connectivity index is 2.22. The van der Waals surface area contributed by atoms with E-state index in [1.165, 1.54) is 24.4 Å². The van der Waals surface area contributed by atoms with Gasteiger partial charge in [-0.2, -0.15) is 18.3 Å². The van der Waals surface area contributed by atoms with Crippen molar-refractivity contribution in [1.29, 1.82) is 0 Å². The van der Waals surface area contributed by atoms with Gasteiger partial charge in [-0.3, -0.25) is 0 Å². The Hall–Kier alpha value is -2.64. The zero-order valence-electron chi connectivity index (χ0n) is 9.87. The van der Waals surface area contributed by atoms with E-state index >= 15 is 0 Å². The highest BCUT2D eigenvalue weighted by Gasteiger charge is 2.33. The first-order chi connectivity index (χ1) is 9.36. The van der Waals surface area contributed by atoms with E-state index in [1.54, 1.807) is 0 Å². The normalized spacial score (nSPS) is 11.9. The fraction of sp³-hybridized carbons (Fsp3) is 0.0833. The van der Waals surface area contributed by atoms with Crippen molar-refractivity contribution in [2.75, 3.05) is 0 Å². The van der Waals surface area contributed by atoms with Crippen molar-refractivity contribution in [3.63, 3.8) is 0 Å². The van der Waals surface area contributed by atoms with Crippen molar-refractivity contribution in [3.8, 4) is 5.82 Å². The molecule has 0 unspecified atom stereocenters. The molecule has 2 aromatic heterocycles. The minimum Gasteiger partial charge on any atom is -0.478 e. The predicted molar refractivity (Wildman–Crippen MR) is 63.0 cm³/mol. The molecule has 2 rings (SSSR count). The maximum absolute atomic E-state index is 12.4. The second-order valence-corrected chi connectivity index (χ2v) is 3.76. The van der Waals surface area contributed by atoms with Crippen LogP contribution in [0.25, 0.3) is 11.9 Å². The molecule has 104 valence electrons. The summed E-state index contributed by atoms with van der Waals surface area (Å²) in [6, 6.07) is 3.81. The first-order valence-corrected chi connectivity index (χ1v) is 5.36. The van der Waals surface area contributed by atoms with Crippen LogP contribution in [0.4, 0.5) is 13.2 Å². The van der Waals surface area contributed by atoms with Gasteiger partial charge in [0.25, 0.3) is 0 Å². The molecule has 0 aliphatic heterocycles. The number of pyridine rings is 1. The quantitative estimate of drug-likeness (QED) is 0.878. The molecule has 8 heteroatoms. The number of carboxylic acids is 1. The fourth-order valence-electron chi connectivity index (χ4n) is 1.40. The molecular formula is C12H8F3N3O2. The molecule has 2 heterocycles. The van der Waals surface area contributed by atoms with Crippen molar-refractivity contribution < 1.29 is 23.1 Å². The Kier molecular flexibility index (Phi) is 3.55. The van der Waals surface area contributed by atoms with Crippen molar-refractivity contribution in [2.45, 2.75) is 6.18 Å². The molecule has 20 heavy (non-hydrogen) atoms. The lowest BCUT2D eigenvalue weighted by Gasteiger charge is -2.02. The summed E-state index contributed by atoms with van der Waals surface area (Å²) in [5, 5.41) is 11.8. The fourth-order valence-corrected chi connectivity index (χ4v) is 1.40. The first-order valence-electron chi connectivity index (χ1n) is 5.36. The maximum Gasteiger partial charge on any atom is 0.435 e. The summed E-state index contributed by atoms with van der Waals surface area (Å²) in [7, 11) is 0. The predicted octanol–water partition coefficient (Wildman–Crippen LogP) is 2.38. The van der Waals surface area contributed by atoms with Gasteiger partial charge in [0.1, 0.15) is 0 Å². The summed E-state index contributed by atoms with van der Waals surface area (Å²) >= 11 is 0. The average molecular weight is 283 g/mol. The number of rotatable bonds is 3. The number of hydrogen-bond donors (Lipinski definition) is 1. The van der Waals surface area contributed by atoms with E-state index in [1.807, 2.05) is 0 Å². The van der Waals surface area contributed by atoms with Gasteiger partial charge in [-0.15, -0.1) is 0 Å². The van der Waals surface area contributed by atoms with Gasteiger partial charge >= 0.3 is 12.1 Å². The summed E-state index contributed by atoms with van der Waals surface area (Å²) in [5.41, 5.74) is -0.492. The number of hydrogen-bond acceptors (Lipinski definition) is 3. The molecule has 5 nitrogen and oxygen atoms in total. The van der Waals surface area contributed by atoms with E-state index in [0.29, 0.717) is 5.56 Å². The van der Waals surface area contributed by atoms with Crippen LogP contribution >= 0.6 is 0 Å². The SMILES string of the molecule is O=C(O)/C=C/c1ccc(-n2ccc(C(F)(F)F)n2)nc1. The number of halogens is 3. The van der Waals surface area contributed by atoms with E-state index in [-0.39, 0.29) is 5.82 Å². The summed E-state index contributed by atoms with van der Waals surface area (Å²) in [4.78, 5) is 14.2. The van der Waals surface area contributed by atoms with Crippen LogP contribution in [0.3, 0.4) is 0 Å². The molecule has 0 aromatic carbocycles. The van der Waals surface area contributed by atoms with Gasteiger partial charge in [-0.25, -0.2) is 14.5 Å². The van der Waals surface area contributed by atoms with E-state index in [0.717, 1.165) is 23.0 Å². The molecular weight excluding hydrogens is 275 g/mol. The molecule has 0 aliphatic rings. The standard InChI is InChI=1S/C12H8F3N3O2/c13-12(14,15)9-5-6-18(17-9)10-3-1-8(7-16-10)2-4-11(19)20/h1-7H,(H,19,20)/b4-2+. The third kappa shape index (κ3) is 3.22. The Morgan fingerprint density at radius 3 is 2.55 bits per heavy atom. The molecule has 0 saturated carbocycles. The largest absolute Gasteiger partial charge is 0.478 e. The van der Waals surface area contributed by atoms with Gasteiger partial charge < -0.3 is 5.11 Å². The Labute approximate surface area is 111 Å². The lowest BCUT2D eigenvalue weighted by Crippen LogP contribution is -2.07. The summed E-state index contributed by atoms with van der Waals surface area (Å²) in [6.45, 7) is 0. The van der Waals surface area contributed by atoms with Crippen LogP contribution in [-0.2, 0) is 11.0 Å². The second-order valence-electron chi connectivity index (χ2n) is 3.76. The highest BCUT2D eigenvalue weighted by Crippen LogP contribution is 2.27. The van der Waals surface area contributed by atoms with Crippen LogP contribution in [0.1, 0.15) is 11.3 Å². The van der Waals surface area contributed by atoms with Gasteiger partial charge in [0.2, 0.25) is 0 Å². The van der Waals surface area contributed by atoms with Gasteiger partial charge in [0.15, 0.2) is 11.5 Å². The summed E-state index contributed by atoms with van der Waals surface area (Å²) in [6.07, 6.45) is 0.243. The molecule has 0 radical (unpaired) electrons. The van der Waals surface area contributed by atoms with Crippen molar-refractivity contribution in [3.05, 3.63) is 47.9 Å². The van der Waals surface area contributed by atoms with Crippen LogP contribution in [0.2, 0.25) is 0 Å². The zero-order valence-corrected chi connectivity index (χ0v) is 9.87. The van der Waals surface area contributed by atoms with Crippen molar-refractivity contribution in [1.82, 2.24) is 14.8 Å². The van der Waals surface area contributed by atoms with Gasteiger partial charge in [0, 0.05) is 18.5 Å². The Morgan fingerprint density at radius 1 is 1.30 bits per heavy atom. The van der Waals surface area contributed by atoms with Crippen LogP contribution in [0.15, 0.2) is 36.7 Å². The number of aromatic nitrogens is 3. The number of nitrogens with zero attached hydrogens (tertiary/aromatic N) is 3. The van der Waals surface area contributed by atoms with Gasteiger partial charge in [-0.05, 0) is 29.8 Å². The number of carboxylic acid groups (broad SMARTS) is 1. The molecule has 1 N–H and O–H groups in total. The van der Waals surface area contributed by atoms with E-state index in [9.17, 15) is 18.0 Å². The third-order valence-corrected chi connectivity index (χ3v) is 2.30. The van der Waals surface area contributed by atoms with Gasteiger partial charge in [-0.1, -0.05) is 0 Å². The maximum atomic E-state index is 12.4. The topological polar surface area (TPSA) is 68.0 Å². The van der Waals surface area contributed by atoms with Crippen LogP contribution < -0.4 is 0 Å². The molecule has 0 aliphatic carbocycles. The number of aliphatic carboxylic acids is 1. The van der Waals surface area contributed by atoms with Crippen molar-refractivity contribution in [2.24, 2.45) is 0 Å². The number of carbonyl (C=O) groups is 1. The molecule has 0 fully saturated rings. The second kappa shape index (κ2) is 5.16. The molecule has 0 saturated heterocycles. The monoisotopic (exact) mass is 283 g/mol. The average Bonchev–Trinajstić information content (AvgIpc) is 2.86. The van der Waals surface area contributed by atoms with Crippen LogP contribution in [-0.4, -0.2) is 25.8 Å².